The molecule has 1 aliphatic carbocycles. The Morgan fingerprint density at radius 3 is 2.75 bits per heavy atom. The van der Waals surface area contributed by atoms with Gasteiger partial charge in [-0.05, 0) is 32.1 Å². The van der Waals surface area contributed by atoms with Gasteiger partial charge in [0.15, 0.2) is 0 Å². The van der Waals surface area contributed by atoms with Crippen molar-refractivity contribution in [2.75, 3.05) is 23.8 Å². The highest BCUT2D eigenvalue weighted by Crippen LogP contribution is 2.31. The number of nitrogens with one attached hydrogen (secondary N) is 1. The minimum Gasteiger partial charge on any atom is -0.370 e. The van der Waals surface area contributed by atoms with E-state index < -0.39 is 0 Å². The van der Waals surface area contributed by atoms with E-state index in [1.54, 1.807) is 6.33 Å². The lowest BCUT2D eigenvalue weighted by molar-refractivity contribution is 0.335. The van der Waals surface area contributed by atoms with Crippen molar-refractivity contribution < 1.29 is 0 Å². The van der Waals surface area contributed by atoms with E-state index in [-0.39, 0.29) is 0 Å². The lowest BCUT2D eigenvalue weighted by Crippen LogP contribution is -2.36. The van der Waals surface area contributed by atoms with Crippen molar-refractivity contribution in [1.82, 2.24) is 9.97 Å². The van der Waals surface area contributed by atoms with E-state index >= 15 is 0 Å². The van der Waals surface area contributed by atoms with Gasteiger partial charge in [-0.2, -0.15) is 0 Å². The van der Waals surface area contributed by atoms with Crippen LogP contribution in [0.15, 0.2) is 6.33 Å². The minimum absolute atomic E-state index is 0.619. The molecule has 2 unspecified atom stereocenters. The van der Waals surface area contributed by atoms with E-state index in [0.29, 0.717) is 6.04 Å². The Morgan fingerprint density at radius 2 is 2.10 bits per heavy atom. The van der Waals surface area contributed by atoms with Crippen molar-refractivity contribution >= 4 is 11.6 Å². The van der Waals surface area contributed by atoms with E-state index in [2.05, 4.69) is 48.0 Å². The fourth-order valence-corrected chi connectivity index (χ4v) is 3.28. The van der Waals surface area contributed by atoms with Crippen molar-refractivity contribution in [3.63, 3.8) is 0 Å². The first-order valence-corrected chi connectivity index (χ1v) is 7.97. The zero-order chi connectivity index (χ0) is 14.5. The third-order valence-electron chi connectivity index (χ3n) is 4.41. The number of rotatable bonds is 5. The van der Waals surface area contributed by atoms with Crippen LogP contribution in [0.25, 0.3) is 0 Å². The van der Waals surface area contributed by atoms with Crippen LogP contribution in [0.4, 0.5) is 11.6 Å². The number of aromatic nitrogens is 2. The highest BCUT2D eigenvalue weighted by atomic mass is 15.2. The summed E-state index contributed by atoms with van der Waals surface area (Å²) < 4.78 is 0. The summed E-state index contributed by atoms with van der Waals surface area (Å²) in [7, 11) is 2.19. The first kappa shape index (κ1) is 15.1. The van der Waals surface area contributed by atoms with Gasteiger partial charge in [0.05, 0.1) is 0 Å². The Morgan fingerprint density at radius 1 is 1.30 bits per heavy atom. The second kappa shape index (κ2) is 6.91. The van der Waals surface area contributed by atoms with Crippen LogP contribution in [0.5, 0.6) is 0 Å². The van der Waals surface area contributed by atoms with Gasteiger partial charge in [-0.3, -0.25) is 0 Å². The van der Waals surface area contributed by atoms with Gasteiger partial charge in [0.25, 0.3) is 0 Å². The molecular weight excluding hydrogens is 248 g/mol. The monoisotopic (exact) mass is 276 g/mol. The third kappa shape index (κ3) is 3.22. The molecule has 1 saturated carbocycles. The number of anilines is 2. The summed E-state index contributed by atoms with van der Waals surface area (Å²) in [5.74, 6) is 2.93. The average Bonchev–Trinajstić information content (AvgIpc) is 2.46. The Hall–Kier alpha value is -1.32. The molecule has 1 aliphatic rings. The molecule has 0 aromatic carbocycles. The summed E-state index contributed by atoms with van der Waals surface area (Å²) in [4.78, 5) is 11.3. The Labute approximate surface area is 123 Å². The maximum absolute atomic E-state index is 4.57. The van der Waals surface area contributed by atoms with E-state index in [1.165, 1.54) is 31.2 Å². The first-order chi connectivity index (χ1) is 9.67. The van der Waals surface area contributed by atoms with Crippen molar-refractivity contribution in [3.8, 4) is 0 Å². The SMILES string of the molecule is CCNc1ncnc(N(C)C2CCCC(C)C2)c1CC. The van der Waals surface area contributed by atoms with Crippen LogP contribution in [0, 0.1) is 5.92 Å². The summed E-state index contributed by atoms with van der Waals surface area (Å²) in [5.41, 5.74) is 1.25. The van der Waals surface area contributed by atoms with Crippen LogP contribution in [0.1, 0.15) is 52.0 Å². The molecule has 112 valence electrons. The van der Waals surface area contributed by atoms with Gasteiger partial charge in [0.1, 0.15) is 18.0 Å². The van der Waals surface area contributed by atoms with Crippen LogP contribution in [-0.2, 0) is 6.42 Å². The molecule has 4 nitrogen and oxygen atoms in total. The van der Waals surface area contributed by atoms with Crippen LogP contribution < -0.4 is 10.2 Å². The van der Waals surface area contributed by atoms with E-state index in [1.807, 2.05) is 0 Å². The molecule has 2 atom stereocenters. The predicted octanol–water partition coefficient (Wildman–Crippen LogP) is 3.49. The summed E-state index contributed by atoms with van der Waals surface area (Å²) in [6.45, 7) is 7.55. The van der Waals surface area contributed by atoms with Gasteiger partial charge < -0.3 is 10.2 Å². The number of nitrogens with zero attached hydrogens (tertiary/aromatic N) is 3. The Balaban J connectivity index is 2.24. The molecule has 0 amide bonds. The Kier molecular flexibility index (Phi) is 5.21. The van der Waals surface area contributed by atoms with Crippen LogP contribution in [0.3, 0.4) is 0 Å². The summed E-state index contributed by atoms with van der Waals surface area (Å²) >= 11 is 0. The van der Waals surface area contributed by atoms with Gasteiger partial charge in [-0.1, -0.05) is 26.7 Å². The molecule has 1 aromatic rings. The zero-order valence-electron chi connectivity index (χ0n) is 13.3. The van der Waals surface area contributed by atoms with E-state index in [0.717, 1.165) is 30.5 Å². The zero-order valence-corrected chi connectivity index (χ0v) is 13.3. The topological polar surface area (TPSA) is 41.1 Å². The van der Waals surface area contributed by atoms with E-state index in [9.17, 15) is 0 Å². The third-order valence-corrected chi connectivity index (χ3v) is 4.41. The summed E-state index contributed by atoms with van der Waals surface area (Å²) in [5, 5.41) is 3.36. The predicted molar refractivity (Wildman–Crippen MR) is 85.4 cm³/mol. The van der Waals surface area contributed by atoms with Crippen molar-refractivity contribution in [3.05, 3.63) is 11.9 Å². The molecule has 0 bridgehead atoms. The highest BCUT2D eigenvalue weighted by Gasteiger charge is 2.25. The molecule has 1 aromatic heterocycles. The largest absolute Gasteiger partial charge is 0.370 e. The van der Waals surface area contributed by atoms with Gasteiger partial charge in [0, 0.05) is 25.2 Å². The average molecular weight is 276 g/mol. The van der Waals surface area contributed by atoms with Gasteiger partial charge in [0.2, 0.25) is 0 Å². The maximum atomic E-state index is 4.57. The number of hydrogen-bond acceptors (Lipinski definition) is 4. The van der Waals surface area contributed by atoms with Crippen molar-refractivity contribution in [2.45, 2.75) is 58.9 Å². The Bertz CT molecular complexity index is 432. The van der Waals surface area contributed by atoms with Crippen molar-refractivity contribution in [1.29, 1.82) is 0 Å². The minimum atomic E-state index is 0.619. The second-order valence-corrected chi connectivity index (χ2v) is 5.94. The smallest absolute Gasteiger partial charge is 0.137 e. The molecule has 0 aliphatic heterocycles. The number of hydrogen-bond donors (Lipinski definition) is 1. The lowest BCUT2D eigenvalue weighted by atomic mass is 9.86. The standard InChI is InChI=1S/C16H28N4/c1-5-14-15(17-6-2)18-11-19-16(14)20(4)13-9-7-8-12(3)10-13/h11-13H,5-10H2,1-4H3,(H,17,18,19). The summed E-state index contributed by atoms with van der Waals surface area (Å²) in [6.07, 6.45) is 7.92. The second-order valence-electron chi connectivity index (χ2n) is 5.94. The molecular formula is C16H28N4. The highest BCUT2D eigenvalue weighted by molar-refractivity contribution is 5.58. The quantitative estimate of drug-likeness (QED) is 0.894. The fourth-order valence-electron chi connectivity index (χ4n) is 3.28. The molecule has 4 heteroatoms. The van der Waals surface area contributed by atoms with Crippen molar-refractivity contribution in [2.24, 2.45) is 5.92 Å². The van der Waals surface area contributed by atoms with Crippen LogP contribution >= 0.6 is 0 Å². The van der Waals surface area contributed by atoms with E-state index in [4.69, 9.17) is 0 Å². The molecule has 0 spiro atoms. The van der Waals surface area contributed by atoms with Gasteiger partial charge >= 0.3 is 0 Å². The molecule has 0 radical (unpaired) electrons. The molecule has 20 heavy (non-hydrogen) atoms. The van der Waals surface area contributed by atoms with Crippen LogP contribution in [0.2, 0.25) is 0 Å². The van der Waals surface area contributed by atoms with Gasteiger partial charge in [-0.15, -0.1) is 0 Å². The fraction of sp³-hybridized carbons (Fsp3) is 0.750. The molecule has 2 rings (SSSR count). The van der Waals surface area contributed by atoms with Crippen LogP contribution in [-0.4, -0.2) is 29.6 Å². The molecule has 1 N–H and O–H groups in total. The summed E-state index contributed by atoms with van der Waals surface area (Å²) in [6, 6.07) is 0.619. The van der Waals surface area contributed by atoms with Gasteiger partial charge in [-0.25, -0.2) is 9.97 Å². The molecule has 1 fully saturated rings. The molecule has 0 saturated heterocycles. The lowest BCUT2D eigenvalue weighted by Gasteiger charge is -2.35. The first-order valence-electron chi connectivity index (χ1n) is 7.97. The molecule has 1 heterocycles. The normalized spacial score (nSPS) is 22.6. The maximum Gasteiger partial charge on any atom is 0.137 e.